The molecule has 0 atom stereocenters. The van der Waals surface area contributed by atoms with Crippen LogP contribution in [-0.4, -0.2) is 9.85 Å². The van der Waals surface area contributed by atoms with E-state index in [1.165, 1.54) is 6.07 Å². The summed E-state index contributed by atoms with van der Waals surface area (Å²) in [4.78, 5) is 21.1. The smallest absolute Gasteiger partial charge is 0.258 e. The zero-order chi connectivity index (χ0) is 16.8. The van der Waals surface area contributed by atoms with Crippen molar-refractivity contribution in [1.29, 1.82) is 0 Å². The van der Waals surface area contributed by atoms with Crippen LogP contribution < -0.4 is 0 Å². The number of hydrogen-bond acceptors (Lipinski definition) is 4. The highest BCUT2D eigenvalue weighted by Gasteiger charge is 2.27. The predicted octanol–water partition coefficient (Wildman–Crippen LogP) is 4.96. The molecule has 0 radical (unpaired) electrons. The minimum Gasteiger partial charge on any atom is -0.258 e. The van der Waals surface area contributed by atoms with Crippen molar-refractivity contribution in [3.05, 3.63) is 80.9 Å². The number of hydrogen-bond donors (Lipinski definition) is 0. The zero-order valence-corrected chi connectivity index (χ0v) is 12.3. The van der Waals surface area contributed by atoms with Crippen LogP contribution in [0.5, 0.6) is 0 Å². The van der Waals surface area contributed by atoms with E-state index in [-0.39, 0.29) is 5.39 Å². The minimum atomic E-state index is -0.720. The normalized spacial score (nSPS) is 11.2. The van der Waals surface area contributed by atoms with Gasteiger partial charge in [0.05, 0.1) is 15.2 Å². The maximum Gasteiger partial charge on any atom is 0.353 e. The summed E-state index contributed by atoms with van der Waals surface area (Å²) in [6.07, 6.45) is 0. The summed E-state index contributed by atoms with van der Waals surface area (Å²) < 4.78 is 0. The molecule has 4 aromatic rings. The summed E-state index contributed by atoms with van der Waals surface area (Å²) in [5.41, 5.74) is -0.958. The van der Waals surface area contributed by atoms with E-state index in [0.29, 0.717) is 5.39 Å². The molecule has 0 heterocycles. The molecule has 0 unspecified atom stereocenters. The van der Waals surface area contributed by atoms with Gasteiger partial charge in [-0.05, 0) is 39.1 Å². The predicted molar refractivity (Wildman–Crippen MR) is 92.3 cm³/mol. The molecular weight excluding hydrogens is 308 g/mol. The van der Waals surface area contributed by atoms with Gasteiger partial charge in [0, 0.05) is 6.07 Å². The van der Waals surface area contributed by atoms with Gasteiger partial charge in [0.2, 0.25) is 0 Å². The highest BCUT2D eigenvalue weighted by Crippen LogP contribution is 2.39. The van der Waals surface area contributed by atoms with E-state index in [2.05, 4.69) is 0 Å². The molecule has 0 saturated heterocycles. The third-order valence-corrected chi connectivity index (χ3v) is 4.25. The average Bonchev–Trinajstić information content (AvgIpc) is 2.59. The number of nitrogens with zero attached hydrogens (tertiary/aromatic N) is 2. The van der Waals surface area contributed by atoms with E-state index in [1.807, 2.05) is 36.4 Å². The van der Waals surface area contributed by atoms with Crippen molar-refractivity contribution in [2.45, 2.75) is 0 Å². The standard InChI is InChI=1S/C18H10N2O4/c21-19(22)17-10-9-15-14-6-5-11-3-1-2-4-12(11)13(14)7-8-16(15)18(17)20(23)24/h1-10H. The summed E-state index contributed by atoms with van der Waals surface area (Å²) in [6, 6.07) is 17.9. The van der Waals surface area contributed by atoms with Gasteiger partial charge in [-0.3, -0.25) is 20.2 Å². The fourth-order valence-electron chi connectivity index (χ4n) is 3.22. The van der Waals surface area contributed by atoms with Gasteiger partial charge in [-0.25, -0.2) is 0 Å². The molecule has 116 valence electrons. The van der Waals surface area contributed by atoms with Gasteiger partial charge >= 0.3 is 11.4 Å². The fraction of sp³-hybridized carbons (Fsp3) is 0. The lowest BCUT2D eigenvalue weighted by molar-refractivity contribution is -0.421. The van der Waals surface area contributed by atoms with Crippen molar-refractivity contribution in [1.82, 2.24) is 0 Å². The lowest BCUT2D eigenvalue weighted by Gasteiger charge is -2.08. The number of nitro groups is 2. The van der Waals surface area contributed by atoms with Crippen molar-refractivity contribution < 1.29 is 9.85 Å². The SMILES string of the molecule is O=[N+]([O-])c1ccc2c(ccc3c4ccccc4ccc23)c1[N+](=O)[O-]. The first-order valence-corrected chi connectivity index (χ1v) is 7.24. The molecule has 24 heavy (non-hydrogen) atoms. The quantitative estimate of drug-likeness (QED) is 0.297. The topological polar surface area (TPSA) is 86.3 Å². The molecule has 0 spiro atoms. The van der Waals surface area contributed by atoms with Gasteiger partial charge < -0.3 is 0 Å². The molecule has 0 fully saturated rings. The van der Waals surface area contributed by atoms with Crippen LogP contribution in [0.25, 0.3) is 32.3 Å². The second-order valence-electron chi connectivity index (χ2n) is 5.49. The van der Waals surface area contributed by atoms with Crippen molar-refractivity contribution >= 4 is 43.7 Å². The first kappa shape index (κ1) is 14.1. The largest absolute Gasteiger partial charge is 0.353 e. The monoisotopic (exact) mass is 318 g/mol. The molecular formula is C18H10N2O4. The molecule has 0 bridgehead atoms. The Labute approximate surface area is 135 Å². The van der Waals surface area contributed by atoms with E-state index in [0.717, 1.165) is 21.5 Å². The van der Waals surface area contributed by atoms with E-state index in [9.17, 15) is 20.2 Å². The Morgan fingerprint density at radius 3 is 1.92 bits per heavy atom. The van der Waals surface area contributed by atoms with Crippen LogP contribution in [-0.2, 0) is 0 Å². The number of nitro benzene ring substituents is 2. The third-order valence-electron chi connectivity index (χ3n) is 4.25. The molecule has 0 aromatic heterocycles. The summed E-state index contributed by atoms with van der Waals surface area (Å²) in [7, 11) is 0. The van der Waals surface area contributed by atoms with Gasteiger partial charge in [-0.1, -0.05) is 42.5 Å². The Morgan fingerprint density at radius 1 is 0.583 bits per heavy atom. The van der Waals surface area contributed by atoms with E-state index in [1.54, 1.807) is 18.2 Å². The van der Waals surface area contributed by atoms with Crippen LogP contribution in [0.1, 0.15) is 0 Å². The molecule has 0 aliphatic rings. The van der Waals surface area contributed by atoms with Crippen LogP contribution in [0, 0.1) is 20.2 Å². The molecule has 0 amide bonds. The van der Waals surface area contributed by atoms with E-state index >= 15 is 0 Å². The highest BCUT2D eigenvalue weighted by atomic mass is 16.6. The Hall–Kier alpha value is -3.54. The fourth-order valence-corrected chi connectivity index (χ4v) is 3.22. The molecule has 0 saturated carbocycles. The minimum absolute atomic E-state index is 0.275. The summed E-state index contributed by atoms with van der Waals surface area (Å²) in [5, 5.41) is 27.3. The van der Waals surface area contributed by atoms with Crippen molar-refractivity contribution in [2.24, 2.45) is 0 Å². The van der Waals surface area contributed by atoms with Gasteiger partial charge in [-0.15, -0.1) is 0 Å². The Morgan fingerprint density at radius 2 is 1.17 bits per heavy atom. The Balaban J connectivity index is 2.20. The average molecular weight is 318 g/mol. The summed E-state index contributed by atoms with van der Waals surface area (Å²) in [5.74, 6) is 0. The third kappa shape index (κ3) is 1.90. The summed E-state index contributed by atoms with van der Waals surface area (Å²) >= 11 is 0. The van der Waals surface area contributed by atoms with Crippen molar-refractivity contribution in [3.63, 3.8) is 0 Å². The number of benzene rings is 4. The lowest BCUT2D eigenvalue weighted by Crippen LogP contribution is -1.97. The number of fused-ring (bicyclic) bond motifs is 5. The highest BCUT2D eigenvalue weighted by molar-refractivity contribution is 6.19. The molecule has 4 aromatic carbocycles. The van der Waals surface area contributed by atoms with Crippen LogP contribution in [0.15, 0.2) is 60.7 Å². The molecule has 0 aliphatic heterocycles. The van der Waals surface area contributed by atoms with Crippen LogP contribution in [0.2, 0.25) is 0 Å². The second-order valence-corrected chi connectivity index (χ2v) is 5.49. The first-order chi connectivity index (χ1) is 11.6. The lowest BCUT2D eigenvalue weighted by atomic mass is 9.96. The van der Waals surface area contributed by atoms with Gasteiger partial charge in [0.1, 0.15) is 0 Å². The van der Waals surface area contributed by atoms with E-state index < -0.39 is 21.2 Å². The van der Waals surface area contributed by atoms with Crippen molar-refractivity contribution in [3.8, 4) is 0 Å². The van der Waals surface area contributed by atoms with Gasteiger partial charge in [-0.2, -0.15) is 0 Å². The van der Waals surface area contributed by atoms with Gasteiger partial charge in [0.25, 0.3) is 0 Å². The maximum atomic E-state index is 11.4. The van der Waals surface area contributed by atoms with Crippen LogP contribution in [0.4, 0.5) is 11.4 Å². The molecule has 0 N–H and O–H groups in total. The maximum absolute atomic E-state index is 11.4. The Kier molecular flexibility index (Phi) is 2.93. The summed E-state index contributed by atoms with van der Waals surface area (Å²) in [6.45, 7) is 0. The molecule has 6 nitrogen and oxygen atoms in total. The van der Waals surface area contributed by atoms with E-state index in [4.69, 9.17) is 0 Å². The molecule has 0 aliphatic carbocycles. The van der Waals surface area contributed by atoms with Crippen LogP contribution >= 0.6 is 0 Å². The zero-order valence-electron chi connectivity index (χ0n) is 12.3. The molecule has 6 heteroatoms. The Bertz CT molecular complexity index is 1170. The second kappa shape index (κ2) is 4.99. The van der Waals surface area contributed by atoms with Crippen LogP contribution in [0.3, 0.4) is 0 Å². The number of rotatable bonds is 2. The van der Waals surface area contributed by atoms with Crippen molar-refractivity contribution in [2.75, 3.05) is 0 Å². The van der Waals surface area contributed by atoms with Gasteiger partial charge in [0.15, 0.2) is 0 Å². The molecule has 4 rings (SSSR count). The first-order valence-electron chi connectivity index (χ1n) is 7.24.